The van der Waals surface area contributed by atoms with E-state index < -0.39 is 0 Å². The average Bonchev–Trinajstić information content (AvgIpc) is 2.60. The molecule has 0 bridgehead atoms. The molecule has 0 aliphatic carbocycles. The second kappa shape index (κ2) is 9.18. The van der Waals surface area contributed by atoms with E-state index in [9.17, 15) is 0 Å². The Morgan fingerprint density at radius 1 is 0.870 bits per heavy atom. The van der Waals surface area contributed by atoms with Gasteiger partial charge in [0, 0.05) is 19.6 Å². The summed E-state index contributed by atoms with van der Waals surface area (Å²) in [7, 11) is 3.38. The van der Waals surface area contributed by atoms with E-state index in [-0.39, 0.29) is 0 Å². The van der Waals surface area contributed by atoms with Crippen LogP contribution < -0.4 is 15.2 Å². The van der Waals surface area contributed by atoms with Gasteiger partial charge in [0.25, 0.3) is 0 Å². The number of hydrogen-bond acceptors (Lipinski definition) is 4. The van der Waals surface area contributed by atoms with Crippen molar-refractivity contribution in [1.82, 2.24) is 4.90 Å². The Kier molecular flexibility index (Phi) is 6.91. The minimum atomic E-state index is 0.706. The molecule has 0 aliphatic rings. The van der Waals surface area contributed by atoms with Crippen LogP contribution in [0.3, 0.4) is 0 Å². The standard InChI is InChI=1S/C19H26N2O2/c1-22-18-9-7-16(8-10-18)14-21(12-4-11-20)15-17-5-3-6-19(13-17)23-2/h3,5-10,13H,4,11-12,14-15,20H2,1-2H3. The zero-order valence-electron chi connectivity index (χ0n) is 14.0. The summed E-state index contributed by atoms with van der Waals surface area (Å²) in [6.07, 6.45) is 0.986. The van der Waals surface area contributed by atoms with Crippen molar-refractivity contribution >= 4 is 0 Å². The van der Waals surface area contributed by atoms with E-state index in [2.05, 4.69) is 29.2 Å². The van der Waals surface area contributed by atoms with E-state index in [1.165, 1.54) is 11.1 Å². The Labute approximate surface area is 138 Å². The lowest BCUT2D eigenvalue weighted by Gasteiger charge is -2.22. The van der Waals surface area contributed by atoms with Crippen molar-refractivity contribution in [2.75, 3.05) is 27.3 Å². The van der Waals surface area contributed by atoms with Gasteiger partial charge in [-0.3, -0.25) is 4.90 Å². The van der Waals surface area contributed by atoms with Crippen molar-refractivity contribution in [3.05, 3.63) is 59.7 Å². The molecule has 0 unspecified atom stereocenters. The first-order chi connectivity index (χ1) is 11.2. The van der Waals surface area contributed by atoms with Crippen molar-refractivity contribution in [1.29, 1.82) is 0 Å². The van der Waals surface area contributed by atoms with E-state index in [1.807, 2.05) is 24.3 Å². The largest absolute Gasteiger partial charge is 0.497 e. The number of hydrogen-bond donors (Lipinski definition) is 1. The van der Waals surface area contributed by atoms with Crippen molar-refractivity contribution in [3.63, 3.8) is 0 Å². The van der Waals surface area contributed by atoms with Gasteiger partial charge in [-0.25, -0.2) is 0 Å². The van der Waals surface area contributed by atoms with Crippen LogP contribution in [0.25, 0.3) is 0 Å². The molecule has 2 aromatic rings. The van der Waals surface area contributed by atoms with Crippen LogP contribution in [-0.4, -0.2) is 32.2 Å². The van der Waals surface area contributed by atoms with Gasteiger partial charge in [-0.15, -0.1) is 0 Å². The first-order valence-electron chi connectivity index (χ1n) is 7.93. The van der Waals surface area contributed by atoms with Gasteiger partial charge in [0.05, 0.1) is 14.2 Å². The lowest BCUT2D eigenvalue weighted by molar-refractivity contribution is 0.254. The maximum absolute atomic E-state index is 5.68. The fraction of sp³-hybridized carbons (Fsp3) is 0.368. The molecule has 2 N–H and O–H groups in total. The SMILES string of the molecule is COc1ccc(CN(CCCN)Cc2cccc(OC)c2)cc1. The molecule has 124 valence electrons. The Morgan fingerprint density at radius 2 is 1.57 bits per heavy atom. The molecule has 0 spiro atoms. The molecule has 0 heterocycles. The van der Waals surface area contributed by atoms with E-state index >= 15 is 0 Å². The maximum Gasteiger partial charge on any atom is 0.119 e. The highest BCUT2D eigenvalue weighted by Gasteiger charge is 2.08. The quantitative estimate of drug-likeness (QED) is 0.773. The molecule has 23 heavy (non-hydrogen) atoms. The molecule has 4 nitrogen and oxygen atoms in total. The second-order valence-corrected chi connectivity index (χ2v) is 5.55. The first kappa shape index (κ1) is 17.3. The minimum Gasteiger partial charge on any atom is -0.497 e. The van der Waals surface area contributed by atoms with Crippen molar-refractivity contribution in [2.24, 2.45) is 5.73 Å². The van der Waals surface area contributed by atoms with E-state index in [0.717, 1.165) is 37.6 Å². The molecular formula is C19H26N2O2. The molecular weight excluding hydrogens is 288 g/mol. The number of nitrogens with zero attached hydrogens (tertiary/aromatic N) is 1. The summed E-state index contributed by atoms with van der Waals surface area (Å²) in [5.74, 6) is 1.78. The molecule has 0 amide bonds. The third-order valence-electron chi connectivity index (χ3n) is 3.78. The first-order valence-corrected chi connectivity index (χ1v) is 7.93. The summed E-state index contributed by atoms with van der Waals surface area (Å²) in [6, 6.07) is 16.4. The van der Waals surface area contributed by atoms with E-state index in [4.69, 9.17) is 15.2 Å². The summed E-state index contributed by atoms with van der Waals surface area (Å²) >= 11 is 0. The van der Waals surface area contributed by atoms with Gasteiger partial charge in [0.2, 0.25) is 0 Å². The van der Waals surface area contributed by atoms with Crippen LogP contribution in [0.4, 0.5) is 0 Å². The number of nitrogens with two attached hydrogens (primary N) is 1. The molecule has 2 rings (SSSR count). The topological polar surface area (TPSA) is 47.7 Å². The molecule has 0 fully saturated rings. The Bertz CT molecular complexity index is 584. The van der Waals surface area contributed by atoms with Crippen LogP contribution in [0.5, 0.6) is 11.5 Å². The van der Waals surface area contributed by atoms with Gasteiger partial charge in [-0.2, -0.15) is 0 Å². The Balaban J connectivity index is 2.05. The average molecular weight is 314 g/mol. The van der Waals surface area contributed by atoms with Gasteiger partial charge in [-0.05, 0) is 48.4 Å². The summed E-state index contributed by atoms with van der Waals surface area (Å²) in [6.45, 7) is 3.45. The summed E-state index contributed by atoms with van der Waals surface area (Å²) < 4.78 is 10.5. The second-order valence-electron chi connectivity index (χ2n) is 5.55. The highest BCUT2D eigenvalue weighted by atomic mass is 16.5. The Morgan fingerprint density at radius 3 is 2.22 bits per heavy atom. The van der Waals surface area contributed by atoms with E-state index in [1.54, 1.807) is 14.2 Å². The summed E-state index contributed by atoms with van der Waals surface area (Å²) in [4.78, 5) is 2.41. The van der Waals surface area contributed by atoms with Gasteiger partial charge in [0.1, 0.15) is 11.5 Å². The number of methoxy groups -OCH3 is 2. The van der Waals surface area contributed by atoms with Crippen LogP contribution in [0.2, 0.25) is 0 Å². The predicted octanol–water partition coefficient (Wildman–Crippen LogP) is 3.05. The Hall–Kier alpha value is -2.04. The van der Waals surface area contributed by atoms with Crippen LogP contribution in [0, 0.1) is 0 Å². The van der Waals surface area contributed by atoms with Gasteiger partial charge < -0.3 is 15.2 Å². The smallest absolute Gasteiger partial charge is 0.119 e. The summed E-state index contributed by atoms with van der Waals surface area (Å²) in [5, 5.41) is 0. The maximum atomic E-state index is 5.68. The van der Waals surface area contributed by atoms with Crippen molar-refractivity contribution < 1.29 is 9.47 Å². The molecule has 0 saturated carbocycles. The molecule has 0 saturated heterocycles. The van der Waals surface area contributed by atoms with Crippen LogP contribution in [0.1, 0.15) is 17.5 Å². The number of ether oxygens (including phenoxy) is 2. The molecule has 0 aromatic heterocycles. The lowest BCUT2D eigenvalue weighted by Crippen LogP contribution is -2.25. The molecule has 0 aliphatic heterocycles. The highest BCUT2D eigenvalue weighted by Crippen LogP contribution is 2.17. The number of rotatable bonds is 9. The fourth-order valence-corrected chi connectivity index (χ4v) is 2.55. The van der Waals surface area contributed by atoms with Crippen LogP contribution in [0.15, 0.2) is 48.5 Å². The van der Waals surface area contributed by atoms with Gasteiger partial charge in [0.15, 0.2) is 0 Å². The van der Waals surface area contributed by atoms with Crippen molar-refractivity contribution in [2.45, 2.75) is 19.5 Å². The minimum absolute atomic E-state index is 0.706. The zero-order chi connectivity index (χ0) is 16.5. The van der Waals surface area contributed by atoms with Crippen LogP contribution >= 0.6 is 0 Å². The molecule has 0 atom stereocenters. The van der Waals surface area contributed by atoms with Crippen molar-refractivity contribution in [3.8, 4) is 11.5 Å². The fourth-order valence-electron chi connectivity index (χ4n) is 2.55. The third-order valence-corrected chi connectivity index (χ3v) is 3.78. The molecule has 0 radical (unpaired) electrons. The zero-order valence-corrected chi connectivity index (χ0v) is 14.0. The number of benzene rings is 2. The lowest BCUT2D eigenvalue weighted by atomic mass is 10.1. The normalized spacial score (nSPS) is 10.8. The van der Waals surface area contributed by atoms with Gasteiger partial charge in [-0.1, -0.05) is 24.3 Å². The summed E-state index contributed by atoms with van der Waals surface area (Å²) in [5.41, 5.74) is 8.20. The monoisotopic (exact) mass is 314 g/mol. The van der Waals surface area contributed by atoms with Crippen LogP contribution in [-0.2, 0) is 13.1 Å². The third kappa shape index (κ3) is 5.58. The highest BCUT2D eigenvalue weighted by molar-refractivity contribution is 5.29. The molecule has 4 heteroatoms. The predicted molar refractivity (Wildman–Crippen MR) is 93.8 cm³/mol. The van der Waals surface area contributed by atoms with E-state index in [0.29, 0.717) is 6.54 Å². The molecule has 2 aromatic carbocycles. The van der Waals surface area contributed by atoms with Gasteiger partial charge >= 0.3 is 0 Å².